The Kier molecular flexibility index (Phi) is 6.18. The van der Waals surface area contributed by atoms with E-state index in [0.29, 0.717) is 6.54 Å². The Morgan fingerprint density at radius 2 is 2.14 bits per heavy atom. The third-order valence-electron chi connectivity index (χ3n) is 3.65. The Hall–Kier alpha value is -1.59. The Morgan fingerprint density at radius 3 is 2.76 bits per heavy atom. The van der Waals surface area contributed by atoms with Crippen LogP contribution in [0.2, 0.25) is 0 Å². The number of amides is 2. The van der Waals surface area contributed by atoms with Crippen LogP contribution in [-0.4, -0.2) is 24.9 Å². The van der Waals surface area contributed by atoms with Crippen molar-refractivity contribution >= 4 is 35.6 Å². The van der Waals surface area contributed by atoms with Gasteiger partial charge in [0.1, 0.15) is 0 Å². The number of hydrogen-bond acceptors (Lipinski definition) is 3. The summed E-state index contributed by atoms with van der Waals surface area (Å²) in [5.41, 5.74) is 8.30. The Bertz CT molecular complexity index is 534. The number of nitrogens with one attached hydrogen (secondary N) is 1. The van der Waals surface area contributed by atoms with Gasteiger partial charge in [0.25, 0.3) is 0 Å². The van der Waals surface area contributed by atoms with Crippen molar-refractivity contribution in [1.82, 2.24) is 0 Å². The monoisotopic (exact) mass is 311 g/mol. The zero-order valence-electron chi connectivity index (χ0n) is 12.4. The molecule has 116 valence electrons. The average Bonchev–Trinajstić information content (AvgIpc) is 2.45. The van der Waals surface area contributed by atoms with Crippen LogP contribution >= 0.6 is 12.4 Å². The van der Waals surface area contributed by atoms with Gasteiger partial charge < -0.3 is 16.0 Å². The molecule has 6 heteroatoms. The number of anilines is 2. The van der Waals surface area contributed by atoms with Gasteiger partial charge in [0, 0.05) is 37.3 Å². The predicted octanol–water partition coefficient (Wildman–Crippen LogP) is 1.94. The molecule has 1 atom stereocenters. The minimum absolute atomic E-state index is 0. The van der Waals surface area contributed by atoms with E-state index >= 15 is 0 Å². The molecule has 21 heavy (non-hydrogen) atoms. The van der Waals surface area contributed by atoms with Gasteiger partial charge in [-0.1, -0.05) is 6.92 Å². The summed E-state index contributed by atoms with van der Waals surface area (Å²) in [6.45, 7) is 4.46. The molecule has 1 aliphatic heterocycles. The summed E-state index contributed by atoms with van der Waals surface area (Å²) in [4.78, 5) is 25.2. The quantitative estimate of drug-likeness (QED) is 0.895. The Labute approximate surface area is 131 Å². The van der Waals surface area contributed by atoms with Crippen molar-refractivity contribution in [2.75, 3.05) is 23.3 Å². The highest BCUT2D eigenvalue weighted by molar-refractivity contribution is 5.95. The molecule has 2 amide bonds. The number of carbonyl (C=O) groups is 2. The number of rotatable bonds is 3. The van der Waals surface area contributed by atoms with E-state index in [2.05, 4.69) is 5.32 Å². The lowest BCUT2D eigenvalue weighted by molar-refractivity contribution is -0.119. The fraction of sp³-hybridized carbons (Fsp3) is 0.467. The van der Waals surface area contributed by atoms with E-state index in [0.717, 1.165) is 36.3 Å². The summed E-state index contributed by atoms with van der Waals surface area (Å²) in [5.74, 6) is -0.231. The van der Waals surface area contributed by atoms with E-state index in [1.807, 2.05) is 18.2 Å². The minimum Gasteiger partial charge on any atom is -0.330 e. The molecule has 0 radical (unpaired) electrons. The number of carbonyl (C=O) groups excluding carboxylic acids is 2. The number of nitrogens with two attached hydrogens (primary N) is 1. The number of halogens is 1. The molecule has 1 aromatic carbocycles. The summed E-state index contributed by atoms with van der Waals surface area (Å²) in [7, 11) is 0. The zero-order valence-corrected chi connectivity index (χ0v) is 13.2. The predicted molar refractivity (Wildman–Crippen MR) is 86.9 cm³/mol. The van der Waals surface area contributed by atoms with E-state index in [-0.39, 0.29) is 30.1 Å². The molecule has 3 N–H and O–H groups in total. The SMILES string of the molecule is CC(=O)N1CCCc2cc(NC(=O)C(C)CN)ccc21.Cl. The highest BCUT2D eigenvalue weighted by atomic mass is 35.5. The number of benzene rings is 1. The first-order chi connectivity index (χ1) is 9.52. The van der Waals surface area contributed by atoms with Gasteiger partial charge in [-0.15, -0.1) is 12.4 Å². The molecule has 1 heterocycles. The van der Waals surface area contributed by atoms with Crippen LogP contribution in [0, 0.1) is 5.92 Å². The molecule has 0 spiro atoms. The average molecular weight is 312 g/mol. The molecule has 1 aromatic rings. The summed E-state index contributed by atoms with van der Waals surface area (Å²) < 4.78 is 0. The van der Waals surface area contributed by atoms with E-state index in [1.165, 1.54) is 0 Å². The van der Waals surface area contributed by atoms with Crippen molar-refractivity contribution in [1.29, 1.82) is 0 Å². The molecule has 1 unspecified atom stereocenters. The third-order valence-corrected chi connectivity index (χ3v) is 3.65. The lowest BCUT2D eigenvalue weighted by Crippen LogP contribution is -2.33. The van der Waals surface area contributed by atoms with Gasteiger partial charge in [-0.25, -0.2) is 0 Å². The molecule has 0 saturated heterocycles. The maximum Gasteiger partial charge on any atom is 0.228 e. The van der Waals surface area contributed by atoms with Crippen molar-refractivity contribution in [2.24, 2.45) is 11.7 Å². The van der Waals surface area contributed by atoms with Crippen LogP contribution in [0.4, 0.5) is 11.4 Å². The molecule has 0 bridgehead atoms. The highest BCUT2D eigenvalue weighted by Gasteiger charge is 2.20. The molecule has 1 aliphatic rings. The van der Waals surface area contributed by atoms with Gasteiger partial charge in [0.15, 0.2) is 0 Å². The van der Waals surface area contributed by atoms with Crippen molar-refractivity contribution < 1.29 is 9.59 Å². The third kappa shape index (κ3) is 3.95. The van der Waals surface area contributed by atoms with Crippen LogP contribution in [0.1, 0.15) is 25.8 Å². The van der Waals surface area contributed by atoms with Crippen LogP contribution < -0.4 is 16.0 Å². The van der Waals surface area contributed by atoms with Crippen molar-refractivity contribution in [3.05, 3.63) is 23.8 Å². The maximum absolute atomic E-state index is 11.8. The van der Waals surface area contributed by atoms with E-state index in [4.69, 9.17) is 5.73 Å². The minimum atomic E-state index is -0.209. The summed E-state index contributed by atoms with van der Waals surface area (Å²) in [5, 5.41) is 2.86. The van der Waals surface area contributed by atoms with Crippen LogP contribution in [0.25, 0.3) is 0 Å². The zero-order chi connectivity index (χ0) is 14.7. The first-order valence-electron chi connectivity index (χ1n) is 6.95. The molecule has 0 aromatic heterocycles. The van der Waals surface area contributed by atoms with Crippen molar-refractivity contribution in [3.8, 4) is 0 Å². The number of hydrogen-bond donors (Lipinski definition) is 2. The fourth-order valence-corrected chi connectivity index (χ4v) is 2.37. The van der Waals surface area contributed by atoms with E-state index < -0.39 is 0 Å². The van der Waals surface area contributed by atoms with Gasteiger partial charge in [-0.05, 0) is 36.6 Å². The molecule has 5 nitrogen and oxygen atoms in total. The number of aryl methyl sites for hydroxylation is 1. The Balaban J connectivity index is 0.00000220. The molecule has 0 fully saturated rings. The van der Waals surface area contributed by atoms with E-state index in [1.54, 1.807) is 18.7 Å². The fourth-order valence-electron chi connectivity index (χ4n) is 2.37. The first kappa shape index (κ1) is 17.5. The van der Waals surface area contributed by atoms with Gasteiger partial charge in [0.2, 0.25) is 11.8 Å². The van der Waals surface area contributed by atoms with E-state index in [9.17, 15) is 9.59 Å². The number of nitrogens with zero attached hydrogens (tertiary/aromatic N) is 1. The highest BCUT2D eigenvalue weighted by Crippen LogP contribution is 2.29. The second-order valence-electron chi connectivity index (χ2n) is 5.24. The second kappa shape index (κ2) is 7.43. The second-order valence-corrected chi connectivity index (χ2v) is 5.24. The summed E-state index contributed by atoms with van der Waals surface area (Å²) in [6, 6.07) is 5.69. The van der Waals surface area contributed by atoms with Gasteiger partial charge in [-0.3, -0.25) is 9.59 Å². The maximum atomic E-state index is 11.8. The van der Waals surface area contributed by atoms with Crippen molar-refractivity contribution in [2.45, 2.75) is 26.7 Å². The van der Waals surface area contributed by atoms with Gasteiger partial charge in [-0.2, -0.15) is 0 Å². The largest absolute Gasteiger partial charge is 0.330 e. The van der Waals surface area contributed by atoms with Crippen LogP contribution in [0.3, 0.4) is 0 Å². The standard InChI is InChI=1S/C15H21N3O2.ClH/c1-10(9-16)15(20)17-13-5-6-14-12(8-13)4-3-7-18(14)11(2)19;/h5-6,8,10H,3-4,7,9,16H2,1-2H3,(H,17,20);1H. The van der Waals surface area contributed by atoms with Crippen LogP contribution in [0.5, 0.6) is 0 Å². The summed E-state index contributed by atoms with van der Waals surface area (Å²) in [6.07, 6.45) is 1.87. The molecular weight excluding hydrogens is 290 g/mol. The molecule has 0 aliphatic carbocycles. The lowest BCUT2D eigenvalue weighted by atomic mass is 10.0. The molecule has 0 saturated carbocycles. The lowest BCUT2D eigenvalue weighted by Gasteiger charge is -2.29. The van der Waals surface area contributed by atoms with Gasteiger partial charge >= 0.3 is 0 Å². The molecule has 2 rings (SSSR count). The first-order valence-corrected chi connectivity index (χ1v) is 6.95. The normalized spacial score (nSPS) is 14.7. The Morgan fingerprint density at radius 1 is 1.43 bits per heavy atom. The number of fused-ring (bicyclic) bond motifs is 1. The smallest absolute Gasteiger partial charge is 0.228 e. The topological polar surface area (TPSA) is 75.4 Å². The molecular formula is C15H22ClN3O2. The van der Waals surface area contributed by atoms with Crippen LogP contribution in [0.15, 0.2) is 18.2 Å². The van der Waals surface area contributed by atoms with Gasteiger partial charge in [0.05, 0.1) is 0 Å². The van der Waals surface area contributed by atoms with Crippen molar-refractivity contribution in [3.63, 3.8) is 0 Å². The van der Waals surface area contributed by atoms with Crippen LogP contribution in [-0.2, 0) is 16.0 Å². The summed E-state index contributed by atoms with van der Waals surface area (Å²) >= 11 is 0.